The monoisotopic (exact) mass is 362 g/mol. The van der Waals surface area contributed by atoms with Crippen LogP contribution in [0.1, 0.15) is 34.6 Å². The summed E-state index contributed by atoms with van der Waals surface area (Å²) in [5.41, 5.74) is 0. The molecule has 144 valence electrons. The number of esters is 3. The van der Waals surface area contributed by atoms with Gasteiger partial charge >= 0.3 is 17.9 Å². The minimum Gasteiger partial charge on any atom is -0.463 e. The van der Waals surface area contributed by atoms with E-state index in [1.54, 1.807) is 13.8 Å². The molecule has 0 N–H and O–H groups in total. The highest BCUT2D eigenvalue weighted by Crippen LogP contribution is 2.31. The quantitative estimate of drug-likeness (QED) is 0.331. The van der Waals surface area contributed by atoms with Crippen LogP contribution in [0.25, 0.3) is 0 Å². The molecular weight excluding hydrogens is 336 g/mol. The first kappa shape index (κ1) is 21.3. The molecule has 0 bridgehead atoms. The minimum absolute atomic E-state index is 0.160. The van der Waals surface area contributed by atoms with Gasteiger partial charge in [-0.2, -0.15) is 0 Å². The van der Waals surface area contributed by atoms with Crippen LogP contribution < -0.4 is 0 Å². The van der Waals surface area contributed by atoms with Gasteiger partial charge in [-0.3, -0.25) is 14.4 Å². The Labute approximate surface area is 146 Å². The molecule has 1 fully saturated rings. The maximum absolute atomic E-state index is 11.5. The van der Waals surface area contributed by atoms with E-state index in [2.05, 4.69) is 0 Å². The summed E-state index contributed by atoms with van der Waals surface area (Å²) in [4.78, 5) is 34.0. The molecule has 0 spiro atoms. The molecule has 0 amide bonds. The first-order valence-electron chi connectivity index (χ1n) is 8.16. The van der Waals surface area contributed by atoms with Gasteiger partial charge in [0.05, 0.1) is 0 Å². The van der Waals surface area contributed by atoms with Crippen LogP contribution in [0.2, 0.25) is 0 Å². The molecule has 4 atom stereocenters. The normalized spacial score (nSPS) is 25.7. The summed E-state index contributed by atoms with van der Waals surface area (Å²) in [6.45, 7) is 7.78. The SMILES string of the molecule is CCOC(OCC)C1OC(COC(C)=O)C(OC(C)=O)C1OC(C)=O. The number of carbonyl (C=O) groups excluding carboxylic acids is 3. The highest BCUT2D eigenvalue weighted by molar-refractivity contribution is 5.68. The topological polar surface area (TPSA) is 107 Å². The van der Waals surface area contributed by atoms with Gasteiger partial charge in [0.15, 0.2) is 18.5 Å². The van der Waals surface area contributed by atoms with E-state index in [9.17, 15) is 14.4 Å². The van der Waals surface area contributed by atoms with Crippen LogP contribution in [0.15, 0.2) is 0 Å². The average Bonchev–Trinajstić information content (AvgIpc) is 2.82. The summed E-state index contributed by atoms with van der Waals surface area (Å²) < 4.78 is 32.4. The van der Waals surface area contributed by atoms with E-state index in [-0.39, 0.29) is 6.61 Å². The summed E-state index contributed by atoms with van der Waals surface area (Å²) in [5.74, 6) is -1.66. The molecule has 0 aromatic rings. The van der Waals surface area contributed by atoms with Crippen LogP contribution in [0, 0.1) is 0 Å². The Kier molecular flexibility index (Phi) is 8.81. The van der Waals surface area contributed by atoms with Crippen LogP contribution >= 0.6 is 0 Å². The molecule has 9 heteroatoms. The summed E-state index contributed by atoms with van der Waals surface area (Å²) in [6.07, 6.45) is -4.39. The predicted molar refractivity (Wildman–Crippen MR) is 83.4 cm³/mol. The second kappa shape index (κ2) is 10.3. The smallest absolute Gasteiger partial charge is 0.303 e. The third kappa shape index (κ3) is 6.60. The van der Waals surface area contributed by atoms with Crippen molar-refractivity contribution in [3.63, 3.8) is 0 Å². The first-order valence-corrected chi connectivity index (χ1v) is 8.16. The third-order valence-corrected chi connectivity index (χ3v) is 3.33. The zero-order valence-electron chi connectivity index (χ0n) is 15.2. The third-order valence-electron chi connectivity index (χ3n) is 3.33. The van der Waals surface area contributed by atoms with Crippen molar-refractivity contribution >= 4 is 17.9 Å². The van der Waals surface area contributed by atoms with E-state index in [4.69, 9.17) is 28.4 Å². The zero-order valence-corrected chi connectivity index (χ0v) is 15.2. The summed E-state index contributed by atoms with van der Waals surface area (Å²) >= 11 is 0. The first-order chi connectivity index (χ1) is 11.8. The molecule has 9 nitrogen and oxygen atoms in total. The molecule has 25 heavy (non-hydrogen) atoms. The fraction of sp³-hybridized carbons (Fsp3) is 0.812. The Balaban J connectivity index is 3.07. The average molecular weight is 362 g/mol. The fourth-order valence-corrected chi connectivity index (χ4v) is 2.53. The van der Waals surface area contributed by atoms with Gasteiger partial charge < -0.3 is 28.4 Å². The molecule has 0 radical (unpaired) electrons. The number of carbonyl (C=O) groups is 3. The van der Waals surface area contributed by atoms with E-state index in [1.807, 2.05) is 0 Å². The summed E-state index contributed by atoms with van der Waals surface area (Å²) in [5, 5.41) is 0. The van der Waals surface area contributed by atoms with Crippen LogP contribution in [0.5, 0.6) is 0 Å². The van der Waals surface area contributed by atoms with E-state index >= 15 is 0 Å². The van der Waals surface area contributed by atoms with Gasteiger partial charge in [-0.25, -0.2) is 0 Å². The molecule has 1 rings (SSSR count). The lowest BCUT2D eigenvalue weighted by Crippen LogP contribution is -2.45. The second-order valence-corrected chi connectivity index (χ2v) is 5.37. The van der Waals surface area contributed by atoms with E-state index in [1.165, 1.54) is 20.8 Å². The molecule has 1 heterocycles. The number of ether oxygens (including phenoxy) is 6. The summed E-state index contributed by atoms with van der Waals surface area (Å²) in [6, 6.07) is 0. The Morgan fingerprint density at radius 3 is 1.84 bits per heavy atom. The second-order valence-electron chi connectivity index (χ2n) is 5.37. The lowest BCUT2D eigenvalue weighted by Gasteiger charge is -2.27. The van der Waals surface area contributed by atoms with Crippen molar-refractivity contribution in [2.45, 2.75) is 65.3 Å². The summed E-state index contributed by atoms with van der Waals surface area (Å²) in [7, 11) is 0. The van der Waals surface area contributed by atoms with Crippen LogP contribution in [0.3, 0.4) is 0 Å². The lowest BCUT2D eigenvalue weighted by molar-refractivity contribution is -0.218. The van der Waals surface area contributed by atoms with Gasteiger partial charge in [0.1, 0.15) is 18.8 Å². The number of rotatable bonds is 9. The molecule has 4 unspecified atom stereocenters. The Morgan fingerprint density at radius 1 is 0.880 bits per heavy atom. The van der Waals surface area contributed by atoms with Gasteiger partial charge in [0.2, 0.25) is 0 Å². The molecule has 1 saturated heterocycles. The van der Waals surface area contributed by atoms with Crippen molar-refractivity contribution < 1.29 is 42.8 Å². The zero-order chi connectivity index (χ0) is 19.0. The molecule has 1 aliphatic rings. The Hall–Kier alpha value is -1.71. The molecule has 0 aliphatic carbocycles. The van der Waals surface area contributed by atoms with Crippen molar-refractivity contribution in [1.29, 1.82) is 0 Å². The van der Waals surface area contributed by atoms with Gasteiger partial charge in [0.25, 0.3) is 0 Å². The van der Waals surface area contributed by atoms with E-state index < -0.39 is 48.6 Å². The molecule has 1 aliphatic heterocycles. The van der Waals surface area contributed by atoms with Crippen LogP contribution in [0.4, 0.5) is 0 Å². The van der Waals surface area contributed by atoms with Crippen molar-refractivity contribution in [3.8, 4) is 0 Å². The van der Waals surface area contributed by atoms with Crippen molar-refractivity contribution in [2.75, 3.05) is 19.8 Å². The number of hydrogen-bond donors (Lipinski definition) is 0. The molecule has 0 aromatic heterocycles. The molecule has 0 aromatic carbocycles. The predicted octanol–water partition coefficient (Wildman–Crippen LogP) is 0.579. The number of hydrogen-bond acceptors (Lipinski definition) is 9. The maximum atomic E-state index is 11.5. The van der Waals surface area contributed by atoms with Gasteiger partial charge in [-0.05, 0) is 13.8 Å². The highest BCUT2D eigenvalue weighted by atomic mass is 16.7. The van der Waals surface area contributed by atoms with Crippen molar-refractivity contribution in [2.24, 2.45) is 0 Å². The highest BCUT2D eigenvalue weighted by Gasteiger charge is 2.53. The molecule has 0 saturated carbocycles. The fourth-order valence-electron chi connectivity index (χ4n) is 2.53. The lowest BCUT2D eigenvalue weighted by atomic mass is 10.1. The Morgan fingerprint density at radius 2 is 1.40 bits per heavy atom. The van der Waals surface area contributed by atoms with E-state index in [0.717, 1.165) is 0 Å². The Bertz CT molecular complexity index is 459. The maximum Gasteiger partial charge on any atom is 0.303 e. The largest absolute Gasteiger partial charge is 0.463 e. The van der Waals surface area contributed by atoms with Gasteiger partial charge in [-0.1, -0.05) is 0 Å². The van der Waals surface area contributed by atoms with Gasteiger partial charge in [-0.15, -0.1) is 0 Å². The van der Waals surface area contributed by atoms with Crippen molar-refractivity contribution in [3.05, 3.63) is 0 Å². The van der Waals surface area contributed by atoms with Gasteiger partial charge in [0, 0.05) is 34.0 Å². The van der Waals surface area contributed by atoms with Crippen molar-refractivity contribution in [1.82, 2.24) is 0 Å². The van der Waals surface area contributed by atoms with Crippen LogP contribution in [-0.2, 0) is 42.8 Å². The standard InChI is InChI=1S/C16H26O9/c1-6-20-16(21-7-2)15-14(24-11(5)19)13(23-10(4)18)12(25-15)8-22-9(3)17/h12-16H,6-8H2,1-5H3. The molecular formula is C16H26O9. The van der Waals surface area contributed by atoms with Crippen LogP contribution in [-0.4, -0.2) is 68.4 Å². The minimum atomic E-state index is -0.954. The van der Waals surface area contributed by atoms with E-state index in [0.29, 0.717) is 13.2 Å².